The van der Waals surface area contributed by atoms with Gasteiger partial charge in [-0.25, -0.2) is 0 Å². The second-order valence-corrected chi connectivity index (χ2v) is 6.38. The molecular formula is C19H22N4O2. The first-order valence-electron chi connectivity index (χ1n) is 8.56. The van der Waals surface area contributed by atoms with E-state index in [1.165, 1.54) is 0 Å². The molecule has 6 nitrogen and oxygen atoms in total. The van der Waals surface area contributed by atoms with Crippen LogP contribution in [0.25, 0.3) is 0 Å². The summed E-state index contributed by atoms with van der Waals surface area (Å²) >= 11 is 0. The molecule has 1 saturated heterocycles. The third-order valence-electron chi connectivity index (χ3n) is 4.46. The largest absolute Gasteiger partial charge is 0.348 e. The van der Waals surface area contributed by atoms with Gasteiger partial charge in [-0.3, -0.25) is 19.6 Å². The summed E-state index contributed by atoms with van der Waals surface area (Å²) in [5.41, 5.74) is 0.774. The maximum absolute atomic E-state index is 13.0. The quantitative estimate of drug-likeness (QED) is 0.870. The Morgan fingerprint density at radius 3 is 2.88 bits per heavy atom. The maximum Gasteiger partial charge on any atom is 0.246 e. The molecule has 2 N–H and O–H groups in total. The first-order chi connectivity index (χ1) is 12.2. The number of carbonyl (C=O) groups excluding carboxylic acids is 2. The number of rotatable bonds is 5. The molecule has 0 bridgehead atoms. The van der Waals surface area contributed by atoms with Crippen molar-refractivity contribution in [3.05, 3.63) is 60.2 Å². The predicted molar refractivity (Wildman–Crippen MR) is 93.4 cm³/mol. The molecule has 6 heteroatoms. The normalized spacial score (nSPS) is 20.4. The number of hydrogen-bond donors (Lipinski definition) is 2. The lowest BCUT2D eigenvalue weighted by molar-refractivity contribution is -0.133. The lowest BCUT2D eigenvalue weighted by atomic mass is 9.86. The van der Waals surface area contributed by atoms with Crippen LogP contribution in [0.3, 0.4) is 0 Å². The molecule has 130 valence electrons. The molecule has 0 spiro atoms. The zero-order valence-corrected chi connectivity index (χ0v) is 14.1. The molecule has 3 rings (SSSR count). The Labute approximate surface area is 147 Å². The minimum absolute atomic E-state index is 0.0747. The fourth-order valence-corrected chi connectivity index (χ4v) is 3.18. The second-order valence-electron chi connectivity index (χ2n) is 6.38. The van der Waals surface area contributed by atoms with Crippen molar-refractivity contribution in [2.75, 3.05) is 0 Å². The van der Waals surface area contributed by atoms with Gasteiger partial charge in [0.2, 0.25) is 11.8 Å². The second kappa shape index (κ2) is 7.88. The van der Waals surface area contributed by atoms with Gasteiger partial charge in [0.1, 0.15) is 5.54 Å². The average Bonchev–Trinajstić information content (AvgIpc) is 2.83. The van der Waals surface area contributed by atoms with E-state index < -0.39 is 5.54 Å². The van der Waals surface area contributed by atoms with Gasteiger partial charge in [0.05, 0.1) is 12.2 Å². The summed E-state index contributed by atoms with van der Waals surface area (Å²) in [6, 6.07) is 9.35. The molecule has 0 saturated carbocycles. The first kappa shape index (κ1) is 17.1. The van der Waals surface area contributed by atoms with E-state index in [1.807, 2.05) is 30.3 Å². The molecule has 0 aliphatic carbocycles. The van der Waals surface area contributed by atoms with Crippen LogP contribution in [-0.2, 0) is 22.6 Å². The number of aromatic nitrogens is 2. The Balaban J connectivity index is 1.79. The summed E-state index contributed by atoms with van der Waals surface area (Å²) in [6.07, 6.45) is 8.27. The van der Waals surface area contributed by atoms with E-state index in [2.05, 4.69) is 20.6 Å². The van der Waals surface area contributed by atoms with Crippen molar-refractivity contribution in [1.82, 2.24) is 20.6 Å². The van der Waals surface area contributed by atoms with Crippen LogP contribution in [0, 0.1) is 0 Å². The molecule has 0 aromatic carbocycles. The number of amides is 2. The summed E-state index contributed by atoms with van der Waals surface area (Å²) in [6.45, 7) is 0.338. The minimum atomic E-state index is -0.939. The van der Waals surface area contributed by atoms with Crippen molar-refractivity contribution in [2.45, 2.75) is 44.2 Å². The van der Waals surface area contributed by atoms with E-state index >= 15 is 0 Å². The highest BCUT2D eigenvalue weighted by Gasteiger charge is 2.40. The van der Waals surface area contributed by atoms with Gasteiger partial charge in [0.25, 0.3) is 0 Å². The molecule has 2 aromatic rings. The predicted octanol–water partition coefficient (Wildman–Crippen LogP) is 1.76. The molecule has 2 aromatic heterocycles. The number of carbonyl (C=O) groups is 2. The third kappa shape index (κ3) is 4.41. The van der Waals surface area contributed by atoms with Crippen LogP contribution in [0.15, 0.2) is 48.9 Å². The van der Waals surface area contributed by atoms with E-state index in [-0.39, 0.29) is 11.8 Å². The van der Waals surface area contributed by atoms with E-state index in [9.17, 15) is 9.59 Å². The van der Waals surface area contributed by atoms with Crippen LogP contribution in [0.5, 0.6) is 0 Å². The third-order valence-corrected chi connectivity index (χ3v) is 4.46. The lowest BCUT2D eigenvalue weighted by Gasteiger charge is -2.32. The smallest absolute Gasteiger partial charge is 0.246 e. The van der Waals surface area contributed by atoms with E-state index in [0.29, 0.717) is 25.8 Å². The van der Waals surface area contributed by atoms with Crippen molar-refractivity contribution in [3.8, 4) is 0 Å². The fraction of sp³-hybridized carbons (Fsp3) is 0.368. The molecule has 1 aliphatic rings. The Morgan fingerprint density at radius 2 is 2.12 bits per heavy atom. The van der Waals surface area contributed by atoms with Crippen LogP contribution in [0.1, 0.15) is 36.9 Å². The van der Waals surface area contributed by atoms with Crippen LogP contribution in [0.2, 0.25) is 0 Å². The summed E-state index contributed by atoms with van der Waals surface area (Å²) < 4.78 is 0. The van der Waals surface area contributed by atoms with Crippen molar-refractivity contribution in [2.24, 2.45) is 0 Å². The van der Waals surface area contributed by atoms with Crippen molar-refractivity contribution in [1.29, 1.82) is 0 Å². The van der Waals surface area contributed by atoms with Gasteiger partial charge < -0.3 is 10.6 Å². The number of nitrogens with zero attached hydrogens (tertiary/aromatic N) is 2. The van der Waals surface area contributed by atoms with Crippen LogP contribution in [0.4, 0.5) is 0 Å². The maximum atomic E-state index is 13.0. The molecule has 2 amide bonds. The highest BCUT2D eigenvalue weighted by molar-refractivity contribution is 5.92. The number of nitrogens with one attached hydrogen (secondary N) is 2. The Morgan fingerprint density at radius 1 is 1.20 bits per heavy atom. The minimum Gasteiger partial charge on any atom is -0.348 e. The lowest BCUT2D eigenvalue weighted by Crippen LogP contribution is -2.59. The van der Waals surface area contributed by atoms with Gasteiger partial charge >= 0.3 is 0 Å². The summed E-state index contributed by atoms with van der Waals surface area (Å²) in [5.74, 6) is -0.244. The van der Waals surface area contributed by atoms with Crippen molar-refractivity contribution < 1.29 is 9.59 Å². The fourth-order valence-electron chi connectivity index (χ4n) is 3.18. The topological polar surface area (TPSA) is 84.0 Å². The Kier molecular flexibility index (Phi) is 5.38. The Bertz CT molecular complexity index is 721. The van der Waals surface area contributed by atoms with Gasteiger partial charge in [0.15, 0.2) is 0 Å². The molecule has 0 unspecified atom stereocenters. The standard InChI is InChI=1S/C19H22N4O2/c24-17-8-1-3-9-19(23-17,12-15-6-5-10-20-13-15)18(25)22-14-16-7-2-4-11-21-16/h2,4-7,10-11,13H,1,3,8-9,12,14H2,(H,22,25)(H,23,24)/t19-/m1/s1. The van der Waals surface area contributed by atoms with Crippen molar-refractivity contribution in [3.63, 3.8) is 0 Å². The molecule has 1 fully saturated rings. The molecule has 3 heterocycles. The zero-order valence-electron chi connectivity index (χ0n) is 14.1. The SMILES string of the molecule is O=C1CCCC[C@@](Cc2cccnc2)(C(=O)NCc2ccccn2)N1. The Hall–Kier alpha value is -2.76. The van der Waals surface area contributed by atoms with Crippen LogP contribution >= 0.6 is 0 Å². The summed E-state index contributed by atoms with van der Waals surface area (Å²) in [7, 11) is 0. The molecular weight excluding hydrogens is 316 g/mol. The van der Waals surface area contributed by atoms with Gasteiger partial charge in [-0.15, -0.1) is 0 Å². The highest BCUT2D eigenvalue weighted by atomic mass is 16.2. The van der Waals surface area contributed by atoms with Gasteiger partial charge in [0, 0.05) is 31.4 Å². The van der Waals surface area contributed by atoms with E-state index in [1.54, 1.807) is 18.6 Å². The molecule has 25 heavy (non-hydrogen) atoms. The zero-order chi connectivity index (χ0) is 17.5. The van der Waals surface area contributed by atoms with Crippen LogP contribution in [-0.4, -0.2) is 27.3 Å². The number of hydrogen-bond acceptors (Lipinski definition) is 4. The van der Waals surface area contributed by atoms with Gasteiger partial charge in [-0.05, 0) is 36.6 Å². The summed E-state index contributed by atoms with van der Waals surface area (Å²) in [5, 5.41) is 5.92. The highest BCUT2D eigenvalue weighted by Crippen LogP contribution is 2.24. The molecule has 0 radical (unpaired) electrons. The molecule has 1 aliphatic heterocycles. The summed E-state index contributed by atoms with van der Waals surface area (Å²) in [4.78, 5) is 33.5. The van der Waals surface area contributed by atoms with Gasteiger partial charge in [-0.1, -0.05) is 18.6 Å². The average molecular weight is 338 g/mol. The molecule has 1 atom stereocenters. The number of pyridine rings is 2. The first-order valence-corrected chi connectivity index (χ1v) is 8.56. The van der Waals surface area contributed by atoms with Crippen LogP contribution < -0.4 is 10.6 Å². The monoisotopic (exact) mass is 338 g/mol. The van der Waals surface area contributed by atoms with Gasteiger partial charge in [-0.2, -0.15) is 0 Å². The van der Waals surface area contributed by atoms with E-state index in [4.69, 9.17) is 0 Å². The van der Waals surface area contributed by atoms with E-state index in [0.717, 1.165) is 24.1 Å². The van der Waals surface area contributed by atoms with Crippen molar-refractivity contribution >= 4 is 11.8 Å².